The fourth-order valence-electron chi connectivity index (χ4n) is 5.54. The molecule has 2 saturated carbocycles. The molecule has 0 spiro atoms. The van der Waals surface area contributed by atoms with Crippen molar-refractivity contribution in [3.8, 4) is 0 Å². The summed E-state index contributed by atoms with van der Waals surface area (Å²) >= 11 is 0. The number of ether oxygens (including phenoxy) is 1. The lowest BCUT2D eigenvalue weighted by atomic mass is 9.83. The van der Waals surface area contributed by atoms with E-state index in [4.69, 9.17) is 4.74 Å². The smallest absolute Gasteiger partial charge is 0.191 e. The van der Waals surface area contributed by atoms with Gasteiger partial charge in [0.25, 0.3) is 0 Å². The molecule has 0 radical (unpaired) electrons. The minimum atomic E-state index is 0. The van der Waals surface area contributed by atoms with Gasteiger partial charge in [0, 0.05) is 33.4 Å². The van der Waals surface area contributed by atoms with Crippen molar-refractivity contribution in [1.82, 2.24) is 10.6 Å². The lowest BCUT2D eigenvalue weighted by Crippen LogP contribution is -2.44. The highest BCUT2D eigenvalue weighted by Crippen LogP contribution is 2.60. The Hall–Kier alpha value is -0.820. The highest BCUT2D eigenvalue weighted by molar-refractivity contribution is 14.0. The zero-order valence-electron chi connectivity index (χ0n) is 17.4. The van der Waals surface area contributed by atoms with Gasteiger partial charge in [0.1, 0.15) is 0 Å². The van der Waals surface area contributed by atoms with Crippen molar-refractivity contribution in [2.24, 2.45) is 22.2 Å². The molecule has 0 heterocycles. The quantitative estimate of drug-likeness (QED) is 0.243. The molecule has 4 rings (SSSR count). The van der Waals surface area contributed by atoms with Crippen LogP contribution in [0, 0.1) is 17.3 Å². The summed E-state index contributed by atoms with van der Waals surface area (Å²) in [6, 6.07) is 8.99. The molecule has 0 amide bonds. The summed E-state index contributed by atoms with van der Waals surface area (Å²) in [5, 5.41) is 7.24. The van der Waals surface area contributed by atoms with Crippen LogP contribution in [0.4, 0.5) is 0 Å². The molecule has 0 aromatic heterocycles. The van der Waals surface area contributed by atoms with Crippen LogP contribution in [0.15, 0.2) is 29.3 Å². The summed E-state index contributed by atoms with van der Waals surface area (Å²) in [6.07, 6.45) is 7.75. The van der Waals surface area contributed by atoms with E-state index in [0.717, 1.165) is 56.4 Å². The predicted molar refractivity (Wildman–Crippen MR) is 127 cm³/mol. The Labute approximate surface area is 187 Å². The molecule has 3 aliphatic carbocycles. The van der Waals surface area contributed by atoms with Gasteiger partial charge in [0.05, 0.1) is 0 Å². The molecule has 2 N–H and O–H groups in total. The molecular weight excluding hydrogens is 461 g/mol. The number of hydrogen-bond donors (Lipinski definition) is 2. The van der Waals surface area contributed by atoms with Crippen molar-refractivity contribution in [2.45, 2.75) is 51.4 Å². The van der Waals surface area contributed by atoms with Gasteiger partial charge in [-0.25, -0.2) is 0 Å². The van der Waals surface area contributed by atoms with Crippen LogP contribution in [-0.2, 0) is 11.2 Å². The number of hydrogen-bond acceptors (Lipinski definition) is 2. The highest BCUT2D eigenvalue weighted by atomic mass is 127. The third-order valence-electron chi connectivity index (χ3n) is 7.21. The van der Waals surface area contributed by atoms with Crippen LogP contribution in [0.25, 0.3) is 0 Å². The Morgan fingerprint density at radius 1 is 1.21 bits per heavy atom. The van der Waals surface area contributed by atoms with E-state index in [1.165, 1.54) is 32.1 Å². The molecule has 2 fully saturated rings. The first-order chi connectivity index (χ1) is 13.3. The van der Waals surface area contributed by atoms with Crippen molar-refractivity contribution in [3.05, 3.63) is 35.4 Å². The Kier molecular flexibility index (Phi) is 7.65. The SMILES string of the molecule is CCOCCC1(CNC(=NC)NCC2C3Cc4ccccc4C23)CCCC1.I. The van der Waals surface area contributed by atoms with E-state index in [0.29, 0.717) is 5.41 Å². The molecule has 3 unspecified atom stereocenters. The van der Waals surface area contributed by atoms with Crippen LogP contribution >= 0.6 is 24.0 Å². The average Bonchev–Trinajstić information content (AvgIpc) is 3.03. The van der Waals surface area contributed by atoms with Crippen LogP contribution in [0.1, 0.15) is 56.1 Å². The van der Waals surface area contributed by atoms with E-state index >= 15 is 0 Å². The van der Waals surface area contributed by atoms with E-state index in [9.17, 15) is 0 Å². The molecule has 0 aliphatic heterocycles. The second kappa shape index (κ2) is 9.79. The molecule has 1 aromatic carbocycles. The summed E-state index contributed by atoms with van der Waals surface area (Å²) in [4.78, 5) is 4.48. The topological polar surface area (TPSA) is 45.6 Å². The molecule has 3 aliphatic rings. The lowest BCUT2D eigenvalue weighted by Gasteiger charge is -2.30. The molecule has 156 valence electrons. The third-order valence-corrected chi connectivity index (χ3v) is 7.21. The van der Waals surface area contributed by atoms with Gasteiger partial charge in [-0.2, -0.15) is 0 Å². The third kappa shape index (κ3) is 4.66. The first-order valence-electron chi connectivity index (χ1n) is 10.9. The van der Waals surface area contributed by atoms with E-state index < -0.39 is 0 Å². The maximum Gasteiger partial charge on any atom is 0.191 e. The van der Waals surface area contributed by atoms with E-state index in [-0.39, 0.29) is 24.0 Å². The number of benzene rings is 1. The van der Waals surface area contributed by atoms with Crippen LogP contribution in [-0.4, -0.2) is 39.3 Å². The van der Waals surface area contributed by atoms with Crippen LogP contribution < -0.4 is 10.6 Å². The molecule has 0 saturated heterocycles. The van der Waals surface area contributed by atoms with Gasteiger partial charge in [-0.05, 0) is 66.9 Å². The number of nitrogens with one attached hydrogen (secondary N) is 2. The van der Waals surface area contributed by atoms with Gasteiger partial charge >= 0.3 is 0 Å². The minimum Gasteiger partial charge on any atom is -0.382 e. The van der Waals surface area contributed by atoms with Gasteiger partial charge in [-0.3, -0.25) is 4.99 Å². The first-order valence-corrected chi connectivity index (χ1v) is 10.9. The largest absolute Gasteiger partial charge is 0.382 e. The van der Waals surface area contributed by atoms with E-state index in [1.807, 2.05) is 7.05 Å². The molecule has 1 aromatic rings. The molecule has 3 atom stereocenters. The minimum absolute atomic E-state index is 0. The van der Waals surface area contributed by atoms with Crippen LogP contribution in [0.2, 0.25) is 0 Å². The fraction of sp³-hybridized carbons (Fsp3) is 0.696. The number of nitrogens with zero attached hydrogens (tertiary/aromatic N) is 1. The number of halogens is 1. The normalized spacial score (nSPS) is 26.9. The van der Waals surface area contributed by atoms with Crippen molar-refractivity contribution in [2.75, 3.05) is 33.4 Å². The second-order valence-corrected chi connectivity index (χ2v) is 8.72. The zero-order valence-corrected chi connectivity index (χ0v) is 19.7. The van der Waals surface area contributed by atoms with Crippen molar-refractivity contribution in [1.29, 1.82) is 0 Å². The first kappa shape index (κ1) is 21.9. The zero-order chi connectivity index (χ0) is 18.7. The lowest BCUT2D eigenvalue weighted by molar-refractivity contribution is 0.105. The van der Waals surface area contributed by atoms with Gasteiger partial charge in [-0.15, -0.1) is 24.0 Å². The molecule has 0 bridgehead atoms. The maximum atomic E-state index is 5.64. The summed E-state index contributed by atoms with van der Waals surface area (Å²) < 4.78 is 5.64. The number of aliphatic imine (C=N–C) groups is 1. The molecule has 28 heavy (non-hydrogen) atoms. The van der Waals surface area contributed by atoms with Gasteiger partial charge in [0.2, 0.25) is 0 Å². The summed E-state index contributed by atoms with van der Waals surface area (Å²) in [7, 11) is 1.89. The van der Waals surface area contributed by atoms with Crippen molar-refractivity contribution < 1.29 is 4.74 Å². The highest BCUT2D eigenvalue weighted by Gasteiger charge is 2.54. The van der Waals surface area contributed by atoms with Gasteiger partial charge in [0.15, 0.2) is 5.96 Å². The summed E-state index contributed by atoms with van der Waals surface area (Å²) in [6.45, 7) is 5.83. The van der Waals surface area contributed by atoms with E-state index in [2.05, 4.69) is 46.8 Å². The fourth-order valence-corrected chi connectivity index (χ4v) is 5.54. The number of fused-ring (bicyclic) bond motifs is 3. The predicted octanol–water partition coefficient (Wildman–Crippen LogP) is 4.34. The van der Waals surface area contributed by atoms with Crippen LogP contribution in [0.3, 0.4) is 0 Å². The molecular formula is C23H36IN3O. The Balaban J connectivity index is 0.00000225. The summed E-state index contributed by atoms with van der Waals surface area (Å²) in [5.41, 5.74) is 3.56. The Morgan fingerprint density at radius 2 is 2.00 bits per heavy atom. The Bertz CT molecular complexity index is 672. The number of rotatable bonds is 8. The maximum absolute atomic E-state index is 5.64. The molecule has 4 nitrogen and oxygen atoms in total. The average molecular weight is 497 g/mol. The van der Waals surface area contributed by atoms with Gasteiger partial charge < -0.3 is 15.4 Å². The second-order valence-electron chi connectivity index (χ2n) is 8.72. The Morgan fingerprint density at radius 3 is 2.75 bits per heavy atom. The monoisotopic (exact) mass is 497 g/mol. The van der Waals surface area contributed by atoms with Crippen molar-refractivity contribution >= 4 is 29.9 Å². The number of guanidine groups is 1. The van der Waals surface area contributed by atoms with Gasteiger partial charge in [-0.1, -0.05) is 37.1 Å². The summed E-state index contributed by atoms with van der Waals surface area (Å²) in [5.74, 6) is 3.37. The van der Waals surface area contributed by atoms with Crippen LogP contribution in [0.5, 0.6) is 0 Å². The standard InChI is InChI=1S/C23H35N3O.HI/c1-3-27-13-12-23(10-6-7-11-23)16-26-22(24-2)25-15-20-19-14-17-8-4-5-9-18(17)21(19)20;/h4-5,8-9,19-21H,3,6-7,10-16H2,1-2H3,(H2,24,25,26);1H. The van der Waals surface area contributed by atoms with Crippen molar-refractivity contribution in [3.63, 3.8) is 0 Å². The van der Waals surface area contributed by atoms with E-state index in [1.54, 1.807) is 11.1 Å². The molecule has 5 heteroatoms.